The van der Waals surface area contributed by atoms with Crippen LogP contribution >= 0.6 is 0 Å². The highest BCUT2D eigenvalue weighted by atomic mass is 15.3. The fourth-order valence-corrected chi connectivity index (χ4v) is 2.25. The minimum atomic E-state index is 1.08. The third kappa shape index (κ3) is 3.93. The first kappa shape index (κ1) is 13.8. The van der Waals surface area contributed by atoms with Gasteiger partial charge in [-0.2, -0.15) is 0 Å². The van der Waals surface area contributed by atoms with E-state index in [1.165, 1.54) is 0 Å². The summed E-state index contributed by atoms with van der Waals surface area (Å²) in [6.07, 6.45) is 10.1. The second-order valence-electron chi connectivity index (χ2n) is 4.76. The van der Waals surface area contributed by atoms with Crippen molar-refractivity contribution in [3.63, 3.8) is 0 Å². The SMILES string of the molecule is C/C=C\C=C/c1ccc(N2CCN(CC)CC2)nc1. The highest BCUT2D eigenvalue weighted by Gasteiger charge is 2.16. The van der Waals surface area contributed by atoms with Gasteiger partial charge in [0.15, 0.2) is 0 Å². The third-order valence-corrected chi connectivity index (χ3v) is 3.51. The number of hydrogen-bond donors (Lipinski definition) is 0. The van der Waals surface area contributed by atoms with Crippen molar-refractivity contribution in [2.45, 2.75) is 13.8 Å². The average Bonchev–Trinajstić information content (AvgIpc) is 2.48. The Balaban J connectivity index is 1.95. The summed E-state index contributed by atoms with van der Waals surface area (Å²) in [7, 11) is 0. The monoisotopic (exact) mass is 257 g/mol. The van der Waals surface area contributed by atoms with E-state index in [1.807, 2.05) is 31.3 Å². The number of likely N-dealkylation sites (N-methyl/N-ethyl adjacent to an activating group) is 1. The molecule has 1 aromatic rings. The summed E-state index contributed by atoms with van der Waals surface area (Å²) in [4.78, 5) is 9.41. The maximum atomic E-state index is 4.56. The highest BCUT2D eigenvalue weighted by molar-refractivity contribution is 5.52. The van der Waals surface area contributed by atoms with E-state index in [4.69, 9.17) is 0 Å². The molecule has 1 fully saturated rings. The second kappa shape index (κ2) is 7.10. The Morgan fingerprint density at radius 3 is 2.53 bits per heavy atom. The lowest BCUT2D eigenvalue weighted by Crippen LogP contribution is -2.46. The molecule has 0 N–H and O–H groups in total. The van der Waals surface area contributed by atoms with E-state index in [9.17, 15) is 0 Å². The van der Waals surface area contributed by atoms with E-state index in [2.05, 4.69) is 39.9 Å². The lowest BCUT2D eigenvalue weighted by Gasteiger charge is -2.34. The van der Waals surface area contributed by atoms with Crippen LogP contribution < -0.4 is 4.90 Å². The molecule has 0 unspecified atom stereocenters. The zero-order valence-electron chi connectivity index (χ0n) is 11.9. The Morgan fingerprint density at radius 2 is 1.95 bits per heavy atom. The maximum absolute atomic E-state index is 4.56. The molecule has 3 nitrogen and oxygen atoms in total. The van der Waals surface area contributed by atoms with Gasteiger partial charge in [-0.05, 0) is 31.2 Å². The molecule has 0 bridgehead atoms. The van der Waals surface area contributed by atoms with Crippen molar-refractivity contribution in [3.8, 4) is 0 Å². The van der Waals surface area contributed by atoms with Crippen LogP contribution in [0.3, 0.4) is 0 Å². The molecular formula is C16H23N3. The molecule has 1 aliphatic rings. The standard InChI is InChI=1S/C16H23N3/c1-3-5-6-7-15-8-9-16(17-14-15)19-12-10-18(4-2)11-13-19/h3,5-9,14H,4,10-13H2,1-2H3/b5-3-,7-6-. The van der Waals surface area contributed by atoms with Gasteiger partial charge in [0.05, 0.1) is 0 Å². The normalized spacial score (nSPS) is 17.7. The molecule has 0 amide bonds. The molecule has 0 radical (unpaired) electrons. The Labute approximate surface area is 116 Å². The summed E-state index contributed by atoms with van der Waals surface area (Å²) in [6.45, 7) is 9.82. The first-order chi connectivity index (χ1) is 9.33. The molecular weight excluding hydrogens is 234 g/mol. The summed E-state index contributed by atoms with van der Waals surface area (Å²) in [5, 5.41) is 0. The summed E-state index contributed by atoms with van der Waals surface area (Å²) in [5.74, 6) is 1.10. The van der Waals surface area contributed by atoms with Crippen LogP contribution in [0, 0.1) is 0 Å². The lowest BCUT2D eigenvalue weighted by molar-refractivity contribution is 0.270. The number of anilines is 1. The largest absolute Gasteiger partial charge is 0.354 e. The first-order valence-electron chi connectivity index (χ1n) is 7.06. The van der Waals surface area contributed by atoms with Crippen molar-refractivity contribution >= 4 is 11.9 Å². The van der Waals surface area contributed by atoms with Crippen LogP contribution in [0.4, 0.5) is 5.82 Å². The molecule has 0 saturated carbocycles. The zero-order valence-corrected chi connectivity index (χ0v) is 11.9. The predicted molar refractivity (Wildman–Crippen MR) is 82.4 cm³/mol. The summed E-state index contributed by atoms with van der Waals surface area (Å²) in [5.41, 5.74) is 1.15. The molecule has 0 spiro atoms. The van der Waals surface area contributed by atoms with Gasteiger partial charge in [0, 0.05) is 32.4 Å². The topological polar surface area (TPSA) is 19.4 Å². The van der Waals surface area contributed by atoms with Gasteiger partial charge < -0.3 is 9.80 Å². The number of aromatic nitrogens is 1. The summed E-state index contributed by atoms with van der Waals surface area (Å²) >= 11 is 0. The van der Waals surface area contributed by atoms with Gasteiger partial charge in [0.2, 0.25) is 0 Å². The highest BCUT2D eigenvalue weighted by Crippen LogP contribution is 2.14. The van der Waals surface area contributed by atoms with Crippen molar-refractivity contribution in [2.24, 2.45) is 0 Å². The van der Waals surface area contributed by atoms with Crippen molar-refractivity contribution in [1.29, 1.82) is 0 Å². The smallest absolute Gasteiger partial charge is 0.128 e. The van der Waals surface area contributed by atoms with Crippen LogP contribution in [0.15, 0.2) is 36.6 Å². The second-order valence-corrected chi connectivity index (χ2v) is 4.76. The number of pyridine rings is 1. The molecule has 19 heavy (non-hydrogen) atoms. The summed E-state index contributed by atoms with van der Waals surface area (Å²) in [6, 6.07) is 4.26. The van der Waals surface area contributed by atoms with Gasteiger partial charge >= 0.3 is 0 Å². The quantitative estimate of drug-likeness (QED) is 0.773. The minimum absolute atomic E-state index is 1.08. The number of hydrogen-bond acceptors (Lipinski definition) is 3. The van der Waals surface area contributed by atoms with Crippen LogP contribution in [0.25, 0.3) is 6.08 Å². The fraction of sp³-hybridized carbons (Fsp3) is 0.438. The Morgan fingerprint density at radius 1 is 1.16 bits per heavy atom. The predicted octanol–water partition coefficient (Wildman–Crippen LogP) is 2.81. The van der Waals surface area contributed by atoms with E-state index >= 15 is 0 Å². The molecule has 2 heterocycles. The molecule has 1 aromatic heterocycles. The van der Waals surface area contributed by atoms with E-state index in [1.54, 1.807) is 0 Å². The van der Waals surface area contributed by atoms with Crippen molar-refractivity contribution < 1.29 is 0 Å². The first-order valence-corrected chi connectivity index (χ1v) is 7.06. The van der Waals surface area contributed by atoms with Crippen LogP contribution in [0.1, 0.15) is 19.4 Å². The third-order valence-electron chi connectivity index (χ3n) is 3.51. The van der Waals surface area contributed by atoms with Crippen molar-refractivity contribution in [3.05, 3.63) is 42.1 Å². The molecule has 3 heteroatoms. The van der Waals surface area contributed by atoms with Crippen LogP contribution in [0.5, 0.6) is 0 Å². The molecule has 102 valence electrons. The van der Waals surface area contributed by atoms with Crippen LogP contribution in [-0.4, -0.2) is 42.6 Å². The number of nitrogens with zero attached hydrogens (tertiary/aromatic N) is 3. The maximum Gasteiger partial charge on any atom is 0.128 e. The minimum Gasteiger partial charge on any atom is -0.354 e. The van der Waals surface area contributed by atoms with E-state index in [0.29, 0.717) is 0 Å². The molecule has 2 rings (SSSR count). The summed E-state index contributed by atoms with van der Waals surface area (Å²) < 4.78 is 0. The molecule has 0 atom stereocenters. The van der Waals surface area contributed by atoms with Gasteiger partial charge in [-0.1, -0.05) is 31.2 Å². The molecule has 1 aliphatic heterocycles. The van der Waals surface area contributed by atoms with E-state index in [-0.39, 0.29) is 0 Å². The van der Waals surface area contributed by atoms with Gasteiger partial charge in [0.25, 0.3) is 0 Å². The van der Waals surface area contributed by atoms with E-state index in [0.717, 1.165) is 44.1 Å². The van der Waals surface area contributed by atoms with Gasteiger partial charge in [-0.25, -0.2) is 4.98 Å². The van der Waals surface area contributed by atoms with Gasteiger partial charge in [-0.3, -0.25) is 0 Å². The van der Waals surface area contributed by atoms with Crippen LogP contribution in [0.2, 0.25) is 0 Å². The van der Waals surface area contributed by atoms with Crippen molar-refractivity contribution in [2.75, 3.05) is 37.6 Å². The Kier molecular flexibility index (Phi) is 5.16. The zero-order chi connectivity index (χ0) is 13.5. The fourth-order valence-electron chi connectivity index (χ4n) is 2.25. The Bertz CT molecular complexity index is 426. The molecule has 1 saturated heterocycles. The average molecular weight is 257 g/mol. The number of rotatable bonds is 4. The molecule has 0 aromatic carbocycles. The molecule has 0 aliphatic carbocycles. The van der Waals surface area contributed by atoms with Gasteiger partial charge in [0.1, 0.15) is 5.82 Å². The Hall–Kier alpha value is -1.61. The van der Waals surface area contributed by atoms with Gasteiger partial charge in [-0.15, -0.1) is 0 Å². The van der Waals surface area contributed by atoms with E-state index < -0.39 is 0 Å². The number of piperazine rings is 1. The number of allylic oxidation sites excluding steroid dienone is 3. The lowest BCUT2D eigenvalue weighted by atomic mass is 10.2. The van der Waals surface area contributed by atoms with Crippen molar-refractivity contribution in [1.82, 2.24) is 9.88 Å². The van der Waals surface area contributed by atoms with Crippen LogP contribution in [-0.2, 0) is 0 Å².